The zero-order valence-corrected chi connectivity index (χ0v) is 24.2. The third-order valence-electron chi connectivity index (χ3n) is 6.66. The molecule has 0 unspecified atom stereocenters. The number of rotatable bonds is 5. The van der Waals surface area contributed by atoms with Crippen molar-refractivity contribution < 1.29 is 27.5 Å². The molecule has 3 aromatic rings. The summed E-state index contributed by atoms with van der Waals surface area (Å²) in [5.41, 5.74) is 1.41. The van der Waals surface area contributed by atoms with Gasteiger partial charge in [-0.05, 0) is 82.5 Å². The lowest BCUT2D eigenvalue weighted by Gasteiger charge is -2.33. The molecule has 0 fully saturated rings. The van der Waals surface area contributed by atoms with Gasteiger partial charge in [-0.25, -0.2) is 14.6 Å². The Morgan fingerprint density at radius 3 is 2.36 bits per heavy atom. The summed E-state index contributed by atoms with van der Waals surface area (Å²) in [5, 5.41) is 5.61. The molecule has 0 aliphatic carbocycles. The monoisotopic (exact) mass is 583 g/mol. The van der Waals surface area contributed by atoms with Crippen molar-refractivity contribution in [2.75, 3.05) is 34.8 Å². The Hall–Kier alpha value is -4.28. The predicted molar refractivity (Wildman–Crippen MR) is 158 cm³/mol. The van der Waals surface area contributed by atoms with Crippen LogP contribution in [0.5, 0.6) is 0 Å². The standard InChI is InChI=1S/C31H36F3N5O3/c1-5-38-17-6-7-18-39(27-26(38)16-15-25(37-27)22-9-8-10-23(19-22)31(32,33)34)28(40)36-24-13-11-21(12-14-24)20-35-29(41)42-30(2,3)4/h8-16,19H,5-7,17-18,20H2,1-4H3,(H,35,41)(H,36,40). The van der Waals surface area contributed by atoms with Gasteiger partial charge in [-0.1, -0.05) is 24.3 Å². The number of amides is 3. The lowest BCUT2D eigenvalue weighted by molar-refractivity contribution is -0.137. The van der Waals surface area contributed by atoms with Crippen LogP contribution in [0.4, 0.5) is 40.0 Å². The van der Waals surface area contributed by atoms with Crippen LogP contribution in [0.1, 0.15) is 51.7 Å². The molecular formula is C31H36F3N5O3. The van der Waals surface area contributed by atoms with Gasteiger partial charge in [0.2, 0.25) is 0 Å². The van der Waals surface area contributed by atoms with Gasteiger partial charge < -0.3 is 20.3 Å². The smallest absolute Gasteiger partial charge is 0.416 e. The molecule has 224 valence electrons. The number of nitrogens with one attached hydrogen (secondary N) is 2. The number of pyridine rings is 1. The number of hydrogen-bond acceptors (Lipinski definition) is 5. The zero-order chi connectivity index (χ0) is 30.5. The second kappa shape index (κ2) is 12.7. The SMILES string of the molecule is CCN1CCCCN(C(=O)Nc2ccc(CNC(=O)OC(C)(C)C)cc2)c2nc(-c3cccc(C(F)(F)F)c3)ccc21. The van der Waals surface area contributed by atoms with E-state index < -0.39 is 29.5 Å². The summed E-state index contributed by atoms with van der Waals surface area (Å²) in [4.78, 5) is 33.9. The lowest BCUT2D eigenvalue weighted by Crippen LogP contribution is -2.40. The van der Waals surface area contributed by atoms with Gasteiger partial charge in [0.05, 0.1) is 16.9 Å². The Morgan fingerprint density at radius 1 is 0.976 bits per heavy atom. The number of hydrogen-bond donors (Lipinski definition) is 2. The number of nitrogens with zero attached hydrogens (tertiary/aromatic N) is 3. The molecular weight excluding hydrogens is 547 g/mol. The second-order valence-electron chi connectivity index (χ2n) is 11.0. The number of carbonyl (C=O) groups is 2. The Bertz CT molecular complexity index is 1400. The van der Waals surface area contributed by atoms with E-state index in [1.807, 2.05) is 13.0 Å². The fraction of sp³-hybridized carbons (Fsp3) is 0.387. The number of alkyl halides is 3. The first-order valence-corrected chi connectivity index (χ1v) is 13.9. The fourth-order valence-electron chi connectivity index (χ4n) is 4.61. The molecule has 2 heterocycles. The van der Waals surface area contributed by atoms with Gasteiger partial charge in [0.25, 0.3) is 0 Å². The zero-order valence-electron chi connectivity index (χ0n) is 24.2. The summed E-state index contributed by atoms with van der Waals surface area (Å²) in [7, 11) is 0. The Balaban J connectivity index is 1.56. The van der Waals surface area contributed by atoms with Crippen molar-refractivity contribution in [3.05, 3.63) is 71.8 Å². The van der Waals surface area contributed by atoms with Crippen molar-refractivity contribution in [3.8, 4) is 11.3 Å². The average molecular weight is 584 g/mol. The Morgan fingerprint density at radius 2 is 1.69 bits per heavy atom. The Labute approximate surface area is 243 Å². The van der Waals surface area contributed by atoms with Gasteiger partial charge in [0, 0.05) is 37.4 Å². The number of benzene rings is 2. The van der Waals surface area contributed by atoms with Crippen molar-refractivity contribution in [2.24, 2.45) is 0 Å². The number of alkyl carbamates (subject to hydrolysis) is 1. The third kappa shape index (κ3) is 7.92. The highest BCUT2D eigenvalue weighted by Crippen LogP contribution is 2.36. The molecule has 0 saturated heterocycles. The first kappa shape index (κ1) is 30.7. The van der Waals surface area contributed by atoms with E-state index in [0.29, 0.717) is 35.9 Å². The fourth-order valence-corrected chi connectivity index (χ4v) is 4.61. The number of ether oxygens (including phenoxy) is 1. The van der Waals surface area contributed by atoms with Crippen LogP contribution in [-0.2, 0) is 17.5 Å². The molecule has 1 aliphatic rings. The van der Waals surface area contributed by atoms with E-state index in [4.69, 9.17) is 9.72 Å². The van der Waals surface area contributed by atoms with Gasteiger partial charge in [0.15, 0.2) is 5.82 Å². The summed E-state index contributed by atoms with van der Waals surface area (Å²) >= 11 is 0. The van der Waals surface area contributed by atoms with Crippen LogP contribution in [-0.4, -0.2) is 42.3 Å². The highest BCUT2D eigenvalue weighted by molar-refractivity contribution is 6.03. The van der Waals surface area contributed by atoms with Gasteiger partial charge in [-0.15, -0.1) is 0 Å². The van der Waals surface area contributed by atoms with Gasteiger partial charge in [0.1, 0.15) is 5.60 Å². The molecule has 2 aromatic carbocycles. The molecule has 0 bridgehead atoms. The maximum atomic E-state index is 13.6. The average Bonchev–Trinajstić information content (AvgIpc) is 2.92. The van der Waals surface area contributed by atoms with Crippen LogP contribution in [0, 0.1) is 0 Å². The maximum absolute atomic E-state index is 13.6. The second-order valence-corrected chi connectivity index (χ2v) is 11.0. The van der Waals surface area contributed by atoms with Crippen LogP contribution in [0.2, 0.25) is 0 Å². The van der Waals surface area contributed by atoms with Gasteiger partial charge >= 0.3 is 18.3 Å². The molecule has 3 amide bonds. The number of carbonyl (C=O) groups excluding carboxylic acids is 2. The molecule has 0 saturated carbocycles. The highest BCUT2D eigenvalue weighted by atomic mass is 19.4. The predicted octanol–water partition coefficient (Wildman–Crippen LogP) is 7.45. The summed E-state index contributed by atoms with van der Waals surface area (Å²) in [6.45, 7) is 9.50. The lowest BCUT2D eigenvalue weighted by atomic mass is 10.1. The quantitative estimate of drug-likeness (QED) is 0.326. The number of fused-ring (bicyclic) bond motifs is 1. The van der Waals surface area contributed by atoms with E-state index in [1.54, 1.807) is 62.1 Å². The van der Waals surface area contributed by atoms with Crippen molar-refractivity contribution in [1.82, 2.24) is 10.3 Å². The Kier molecular flexibility index (Phi) is 9.28. The molecule has 0 atom stereocenters. The molecule has 8 nitrogen and oxygen atoms in total. The minimum Gasteiger partial charge on any atom is -0.444 e. The molecule has 1 aromatic heterocycles. The number of aromatic nitrogens is 1. The van der Waals surface area contributed by atoms with Crippen LogP contribution >= 0.6 is 0 Å². The number of halogens is 3. The molecule has 11 heteroatoms. The maximum Gasteiger partial charge on any atom is 0.416 e. The van der Waals surface area contributed by atoms with Crippen molar-refractivity contribution >= 4 is 29.3 Å². The largest absolute Gasteiger partial charge is 0.444 e. The molecule has 0 radical (unpaired) electrons. The van der Waals surface area contributed by atoms with E-state index in [1.165, 1.54) is 6.07 Å². The van der Waals surface area contributed by atoms with Crippen molar-refractivity contribution in [1.29, 1.82) is 0 Å². The minimum atomic E-state index is -4.48. The first-order chi connectivity index (χ1) is 19.8. The van der Waals surface area contributed by atoms with Crippen LogP contribution < -0.4 is 20.4 Å². The summed E-state index contributed by atoms with van der Waals surface area (Å²) in [6.07, 6.45) is -3.40. The topological polar surface area (TPSA) is 86.8 Å². The molecule has 0 spiro atoms. The van der Waals surface area contributed by atoms with Gasteiger partial charge in [-0.3, -0.25) is 4.90 Å². The van der Waals surface area contributed by atoms with E-state index in [9.17, 15) is 22.8 Å². The van der Waals surface area contributed by atoms with Crippen molar-refractivity contribution in [2.45, 2.75) is 58.9 Å². The molecule has 1 aliphatic heterocycles. The van der Waals surface area contributed by atoms with E-state index in [-0.39, 0.29) is 6.54 Å². The first-order valence-electron chi connectivity index (χ1n) is 13.9. The molecule has 42 heavy (non-hydrogen) atoms. The summed E-state index contributed by atoms with van der Waals surface area (Å²) in [6, 6.07) is 15.2. The number of anilines is 3. The highest BCUT2D eigenvalue weighted by Gasteiger charge is 2.31. The van der Waals surface area contributed by atoms with Crippen molar-refractivity contribution in [3.63, 3.8) is 0 Å². The van der Waals surface area contributed by atoms with E-state index in [2.05, 4.69) is 15.5 Å². The molecule has 4 rings (SSSR count). The number of urea groups is 1. The minimum absolute atomic E-state index is 0.262. The van der Waals surface area contributed by atoms with E-state index >= 15 is 0 Å². The van der Waals surface area contributed by atoms with Crippen LogP contribution in [0.15, 0.2) is 60.7 Å². The van der Waals surface area contributed by atoms with Crippen LogP contribution in [0.25, 0.3) is 11.3 Å². The van der Waals surface area contributed by atoms with Crippen LogP contribution in [0.3, 0.4) is 0 Å². The van der Waals surface area contributed by atoms with Gasteiger partial charge in [-0.2, -0.15) is 13.2 Å². The van der Waals surface area contributed by atoms with E-state index in [0.717, 1.165) is 42.8 Å². The molecule has 2 N–H and O–H groups in total. The normalized spacial score (nSPS) is 14.0. The third-order valence-corrected chi connectivity index (χ3v) is 6.66. The summed E-state index contributed by atoms with van der Waals surface area (Å²) < 4.78 is 45.4. The summed E-state index contributed by atoms with van der Waals surface area (Å²) in [5.74, 6) is 0.391.